The molecule has 0 atom stereocenters. The zero-order chi connectivity index (χ0) is 11.5. The van der Waals surface area contributed by atoms with E-state index < -0.39 is 0 Å². The number of nitro groups is 1. The predicted octanol–water partition coefficient (Wildman–Crippen LogP) is 3.12. The lowest BCUT2D eigenvalue weighted by Crippen LogP contribution is -2.05. The van der Waals surface area contributed by atoms with Crippen LogP contribution in [0.3, 0.4) is 0 Å². The molecule has 0 bridgehead atoms. The zero-order valence-electron chi connectivity index (χ0n) is 9.40. The Morgan fingerprint density at radius 3 is 2.88 bits per heavy atom. The summed E-state index contributed by atoms with van der Waals surface area (Å²) >= 11 is 0. The van der Waals surface area contributed by atoms with Gasteiger partial charge in [-0.1, -0.05) is 25.0 Å². The third kappa shape index (κ3) is 2.51. The Morgan fingerprint density at radius 2 is 2.25 bits per heavy atom. The highest BCUT2D eigenvalue weighted by atomic mass is 16.6. The Labute approximate surface area is 94.8 Å². The Kier molecular flexibility index (Phi) is 3.08. The van der Waals surface area contributed by atoms with Crippen LogP contribution in [0, 0.1) is 23.0 Å². The first-order valence-electron chi connectivity index (χ1n) is 5.66. The standard InChI is InChI=1S/C12H16N2O2/c1-9-3-2-4-11(12(9)14(15)16)13-8-7-10-5-6-10/h2-4,10,13H,5-8H2,1H3. The molecule has 0 amide bonds. The largest absolute Gasteiger partial charge is 0.379 e. The first-order chi connectivity index (χ1) is 7.68. The van der Waals surface area contributed by atoms with Gasteiger partial charge in [0.2, 0.25) is 0 Å². The number of nitro benzene ring substituents is 1. The van der Waals surface area contributed by atoms with Gasteiger partial charge in [0.1, 0.15) is 5.69 Å². The van der Waals surface area contributed by atoms with E-state index in [0.717, 1.165) is 18.9 Å². The fourth-order valence-electron chi connectivity index (χ4n) is 1.86. The number of benzene rings is 1. The molecule has 0 aliphatic heterocycles. The number of nitrogens with one attached hydrogen (secondary N) is 1. The summed E-state index contributed by atoms with van der Waals surface area (Å²) in [4.78, 5) is 10.6. The number of anilines is 1. The van der Waals surface area contributed by atoms with Gasteiger partial charge in [-0.05, 0) is 25.3 Å². The molecule has 0 saturated heterocycles. The third-order valence-electron chi connectivity index (χ3n) is 2.99. The summed E-state index contributed by atoms with van der Waals surface area (Å²) in [5.74, 6) is 0.844. The lowest BCUT2D eigenvalue weighted by atomic mass is 10.1. The quantitative estimate of drug-likeness (QED) is 0.612. The molecule has 1 aliphatic carbocycles. The van der Waals surface area contributed by atoms with Crippen molar-refractivity contribution in [3.8, 4) is 0 Å². The number of para-hydroxylation sites is 1. The fraction of sp³-hybridized carbons (Fsp3) is 0.500. The molecule has 4 heteroatoms. The van der Waals surface area contributed by atoms with Crippen molar-refractivity contribution in [2.45, 2.75) is 26.2 Å². The van der Waals surface area contributed by atoms with Gasteiger partial charge in [-0.3, -0.25) is 10.1 Å². The molecule has 4 nitrogen and oxygen atoms in total. The SMILES string of the molecule is Cc1cccc(NCCC2CC2)c1[N+](=O)[O-]. The average Bonchev–Trinajstić information content (AvgIpc) is 3.01. The van der Waals surface area contributed by atoms with Gasteiger partial charge < -0.3 is 5.32 Å². The molecule has 1 aliphatic rings. The maximum Gasteiger partial charge on any atom is 0.295 e. The van der Waals surface area contributed by atoms with E-state index in [1.54, 1.807) is 19.1 Å². The maximum absolute atomic E-state index is 10.9. The Morgan fingerprint density at radius 1 is 1.50 bits per heavy atom. The van der Waals surface area contributed by atoms with Crippen LogP contribution in [0.25, 0.3) is 0 Å². The summed E-state index contributed by atoms with van der Waals surface area (Å²) in [6.07, 6.45) is 3.75. The predicted molar refractivity (Wildman–Crippen MR) is 63.7 cm³/mol. The van der Waals surface area contributed by atoms with Crippen molar-refractivity contribution in [1.29, 1.82) is 0 Å². The van der Waals surface area contributed by atoms with E-state index >= 15 is 0 Å². The van der Waals surface area contributed by atoms with Crippen molar-refractivity contribution >= 4 is 11.4 Å². The second-order valence-corrected chi connectivity index (χ2v) is 4.39. The Balaban J connectivity index is 2.05. The molecule has 0 radical (unpaired) electrons. The first kappa shape index (κ1) is 10.9. The molecule has 1 aromatic carbocycles. The van der Waals surface area contributed by atoms with Gasteiger partial charge in [-0.15, -0.1) is 0 Å². The van der Waals surface area contributed by atoms with Crippen LogP contribution >= 0.6 is 0 Å². The van der Waals surface area contributed by atoms with Crippen LogP contribution in [0.15, 0.2) is 18.2 Å². The number of nitrogens with zero attached hydrogens (tertiary/aromatic N) is 1. The molecular formula is C12H16N2O2. The molecule has 1 aromatic rings. The highest BCUT2D eigenvalue weighted by molar-refractivity contribution is 5.64. The fourth-order valence-corrected chi connectivity index (χ4v) is 1.86. The van der Waals surface area contributed by atoms with Gasteiger partial charge in [-0.2, -0.15) is 0 Å². The minimum absolute atomic E-state index is 0.207. The highest BCUT2D eigenvalue weighted by Gasteiger charge is 2.21. The van der Waals surface area contributed by atoms with Gasteiger partial charge in [0.05, 0.1) is 4.92 Å². The average molecular weight is 220 g/mol. The summed E-state index contributed by atoms with van der Waals surface area (Å²) < 4.78 is 0. The topological polar surface area (TPSA) is 55.2 Å². The van der Waals surface area contributed by atoms with Crippen LogP contribution in [0.2, 0.25) is 0 Å². The Bertz CT molecular complexity index is 400. The summed E-state index contributed by atoms with van der Waals surface area (Å²) in [6.45, 7) is 2.60. The minimum Gasteiger partial charge on any atom is -0.379 e. The Hall–Kier alpha value is -1.58. The van der Waals surface area contributed by atoms with Crippen molar-refractivity contribution in [3.63, 3.8) is 0 Å². The number of rotatable bonds is 5. The van der Waals surface area contributed by atoms with Crippen molar-refractivity contribution in [2.24, 2.45) is 5.92 Å². The van der Waals surface area contributed by atoms with Gasteiger partial charge >= 0.3 is 0 Å². The maximum atomic E-state index is 10.9. The molecule has 2 rings (SSSR count). The van der Waals surface area contributed by atoms with E-state index in [9.17, 15) is 10.1 Å². The number of hydrogen-bond donors (Lipinski definition) is 1. The van der Waals surface area contributed by atoms with Gasteiger partial charge in [0.15, 0.2) is 0 Å². The normalized spacial score (nSPS) is 14.8. The minimum atomic E-state index is -0.311. The molecule has 0 spiro atoms. The second kappa shape index (κ2) is 4.51. The lowest BCUT2D eigenvalue weighted by Gasteiger charge is -2.07. The van der Waals surface area contributed by atoms with E-state index in [1.807, 2.05) is 6.07 Å². The lowest BCUT2D eigenvalue weighted by molar-refractivity contribution is -0.384. The van der Waals surface area contributed by atoms with Crippen LogP contribution in [-0.4, -0.2) is 11.5 Å². The van der Waals surface area contributed by atoms with Crippen molar-refractivity contribution in [1.82, 2.24) is 0 Å². The third-order valence-corrected chi connectivity index (χ3v) is 2.99. The van der Waals surface area contributed by atoms with Crippen LogP contribution in [0.4, 0.5) is 11.4 Å². The summed E-state index contributed by atoms with van der Waals surface area (Å²) in [6, 6.07) is 5.39. The van der Waals surface area contributed by atoms with E-state index in [0.29, 0.717) is 11.3 Å². The number of hydrogen-bond acceptors (Lipinski definition) is 3. The summed E-state index contributed by atoms with van der Waals surface area (Å²) in [5.41, 5.74) is 1.56. The summed E-state index contributed by atoms with van der Waals surface area (Å²) in [5, 5.41) is 14.1. The molecular weight excluding hydrogens is 204 g/mol. The highest BCUT2D eigenvalue weighted by Crippen LogP contribution is 2.33. The van der Waals surface area contributed by atoms with E-state index in [-0.39, 0.29) is 10.6 Å². The van der Waals surface area contributed by atoms with Crippen LogP contribution < -0.4 is 5.32 Å². The molecule has 1 fully saturated rings. The van der Waals surface area contributed by atoms with Crippen molar-refractivity contribution < 1.29 is 4.92 Å². The molecule has 1 saturated carbocycles. The monoisotopic (exact) mass is 220 g/mol. The molecule has 86 valence electrons. The van der Waals surface area contributed by atoms with Crippen molar-refractivity contribution in [3.05, 3.63) is 33.9 Å². The van der Waals surface area contributed by atoms with Gasteiger partial charge in [0.25, 0.3) is 5.69 Å². The van der Waals surface area contributed by atoms with Crippen molar-refractivity contribution in [2.75, 3.05) is 11.9 Å². The van der Waals surface area contributed by atoms with Crippen LogP contribution in [0.5, 0.6) is 0 Å². The zero-order valence-corrected chi connectivity index (χ0v) is 9.40. The van der Waals surface area contributed by atoms with Crippen LogP contribution in [-0.2, 0) is 0 Å². The number of aryl methyl sites for hydroxylation is 1. The molecule has 16 heavy (non-hydrogen) atoms. The molecule has 0 unspecified atom stereocenters. The van der Waals surface area contributed by atoms with E-state index in [2.05, 4.69) is 5.32 Å². The van der Waals surface area contributed by atoms with E-state index in [1.165, 1.54) is 12.8 Å². The van der Waals surface area contributed by atoms with Gasteiger partial charge in [0, 0.05) is 12.1 Å². The molecule has 1 N–H and O–H groups in total. The van der Waals surface area contributed by atoms with E-state index in [4.69, 9.17) is 0 Å². The molecule has 0 aromatic heterocycles. The van der Waals surface area contributed by atoms with Gasteiger partial charge in [-0.25, -0.2) is 0 Å². The van der Waals surface area contributed by atoms with Crippen LogP contribution in [0.1, 0.15) is 24.8 Å². The first-order valence-corrected chi connectivity index (χ1v) is 5.66. The summed E-state index contributed by atoms with van der Waals surface area (Å²) in [7, 11) is 0. The second-order valence-electron chi connectivity index (χ2n) is 4.39. The molecule has 0 heterocycles. The smallest absolute Gasteiger partial charge is 0.295 e.